The van der Waals surface area contributed by atoms with Crippen LogP contribution in [0.1, 0.15) is 79.1 Å². The molecule has 2 heterocycles. The van der Waals surface area contributed by atoms with E-state index in [2.05, 4.69) is 53.8 Å². The van der Waals surface area contributed by atoms with Crippen molar-refractivity contribution in [3.05, 3.63) is 24.8 Å². The molecular weight excluding hydrogens is 394 g/mol. The predicted octanol–water partition coefficient (Wildman–Crippen LogP) is 6.26. The Morgan fingerprint density at radius 3 is 2.72 bits per heavy atom. The molecule has 3 aliphatic rings. The van der Waals surface area contributed by atoms with Gasteiger partial charge >= 0.3 is 0 Å². The van der Waals surface area contributed by atoms with E-state index in [1.807, 2.05) is 6.33 Å². The van der Waals surface area contributed by atoms with Crippen molar-refractivity contribution in [2.75, 3.05) is 5.73 Å². The van der Waals surface area contributed by atoms with Gasteiger partial charge in [-0.2, -0.15) is 0 Å². The number of nitrogen functional groups attached to an aromatic ring is 1. The fraction of sp³-hybridized carbons (Fsp3) is 0.741. The molecule has 3 aliphatic carbocycles. The summed E-state index contributed by atoms with van der Waals surface area (Å²) in [6.45, 7) is 15.5. The summed E-state index contributed by atoms with van der Waals surface area (Å²) < 4.78 is 2.27. The molecule has 5 rings (SSSR count). The second-order valence-corrected chi connectivity index (χ2v) is 11.8. The highest BCUT2D eigenvalue weighted by Crippen LogP contribution is 2.64. The van der Waals surface area contributed by atoms with Crippen LogP contribution >= 0.6 is 0 Å². The Balaban J connectivity index is 1.55. The summed E-state index contributed by atoms with van der Waals surface area (Å²) in [5.41, 5.74) is 9.92. The molecule has 0 saturated heterocycles. The third-order valence-electron chi connectivity index (χ3n) is 10.4. The monoisotopic (exact) mass is 435 g/mol. The average molecular weight is 436 g/mol. The van der Waals surface area contributed by atoms with Crippen LogP contribution in [0.5, 0.6) is 0 Å². The summed E-state index contributed by atoms with van der Waals surface area (Å²) in [6, 6.07) is 0. The Morgan fingerprint density at radius 2 is 1.94 bits per heavy atom. The number of nitrogens with zero attached hydrogens (tertiary/aromatic N) is 4. The molecular formula is C27H41N5. The maximum atomic E-state index is 6.10. The largest absolute Gasteiger partial charge is 0.382 e. The molecule has 32 heavy (non-hydrogen) atoms. The first-order valence-corrected chi connectivity index (χ1v) is 12.9. The lowest BCUT2D eigenvalue weighted by Gasteiger charge is -2.57. The van der Waals surface area contributed by atoms with Gasteiger partial charge in [-0.05, 0) is 78.9 Å². The molecule has 0 spiro atoms. The van der Waals surface area contributed by atoms with E-state index in [4.69, 9.17) is 5.73 Å². The number of aromatic nitrogens is 4. The molecule has 2 unspecified atom stereocenters. The van der Waals surface area contributed by atoms with Crippen LogP contribution in [0.2, 0.25) is 0 Å². The quantitative estimate of drug-likeness (QED) is 0.575. The molecule has 174 valence electrons. The number of anilines is 1. The van der Waals surface area contributed by atoms with Crippen molar-refractivity contribution < 1.29 is 0 Å². The minimum Gasteiger partial charge on any atom is -0.382 e. The van der Waals surface area contributed by atoms with Crippen LogP contribution in [0.4, 0.5) is 5.82 Å². The second-order valence-electron chi connectivity index (χ2n) is 11.8. The Labute approximate surface area is 193 Å². The lowest BCUT2D eigenvalue weighted by molar-refractivity contribution is -0.0724. The summed E-state index contributed by atoms with van der Waals surface area (Å²) in [4.78, 5) is 13.3. The Bertz CT molecular complexity index is 1010. The Hall–Kier alpha value is -1.91. The number of rotatable bonds is 4. The summed E-state index contributed by atoms with van der Waals surface area (Å²) in [7, 11) is 0. The molecule has 5 nitrogen and oxygen atoms in total. The van der Waals surface area contributed by atoms with Crippen LogP contribution in [-0.2, 0) is 6.54 Å². The third kappa shape index (κ3) is 3.21. The Kier molecular flexibility index (Phi) is 5.37. The fourth-order valence-corrected chi connectivity index (χ4v) is 8.28. The molecule has 5 heteroatoms. The third-order valence-corrected chi connectivity index (χ3v) is 10.4. The predicted molar refractivity (Wildman–Crippen MR) is 131 cm³/mol. The highest BCUT2D eigenvalue weighted by Gasteiger charge is 2.56. The van der Waals surface area contributed by atoms with Crippen LogP contribution in [0.3, 0.4) is 0 Å². The normalized spacial score (nSPS) is 40.0. The highest BCUT2D eigenvalue weighted by atomic mass is 15.1. The van der Waals surface area contributed by atoms with Crippen molar-refractivity contribution in [2.24, 2.45) is 40.4 Å². The van der Waals surface area contributed by atoms with Gasteiger partial charge in [0.25, 0.3) is 0 Å². The van der Waals surface area contributed by atoms with E-state index in [-0.39, 0.29) is 5.41 Å². The number of nitrogens with two attached hydrogens (primary N) is 1. The average Bonchev–Trinajstić information content (AvgIpc) is 3.32. The zero-order valence-corrected chi connectivity index (χ0v) is 20.5. The molecule has 3 fully saturated rings. The smallest absolute Gasteiger partial charge is 0.165 e. The van der Waals surface area contributed by atoms with Crippen LogP contribution < -0.4 is 5.73 Å². The highest BCUT2D eigenvalue weighted by molar-refractivity contribution is 5.81. The molecule has 0 aromatic carbocycles. The lowest BCUT2D eigenvalue weighted by atomic mass is 9.48. The number of allylic oxidation sites excluding steroid dienone is 1. The topological polar surface area (TPSA) is 69.6 Å². The molecule has 3 saturated carbocycles. The minimum atomic E-state index is 0.283. The van der Waals surface area contributed by atoms with E-state index in [9.17, 15) is 0 Å². The summed E-state index contributed by atoms with van der Waals surface area (Å²) >= 11 is 0. The van der Waals surface area contributed by atoms with E-state index in [0.717, 1.165) is 35.5 Å². The molecule has 2 aromatic rings. The minimum absolute atomic E-state index is 0.283. The molecule has 0 aliphatic heterocycles. The van der Waals surface area contributed by atoms with Gasteiger partial charge in [0.05, 0.1) is 6.33 Å². The van der Waals surface area contributed by atoms with Crippen molar-refractivity contribution in [2.45, 2.75) is 85.6 Å². The first-order valence-electron chi connectivity index (χ1n) is 12.9. The molecule has 7 atom stereocenters. The van der Waals surface area contributed by atoms with Gasteiger partial charge in [0.2, 0.25) is 0 Å². The van der Waals surface area contributed by atoms with Crippen LogP contribution in [0, 0.1) is 40.4 Å². The van der Waals surface area contributed by atoms with Crippen LogP contribution in [0.15, 0.2) is 24.8 Å². The SMILES string of the molecule is C=C1CCC2[C@H](Cn3cnc4c(N)ncnc43)C([C@@]3(C)CC[C@H](C)C[C@@H]3CC)CC[C@]12C. The molecule has 0 bridgehead atoms. The van der Waals surface area contributed by atoms with Crippen LogP contribution in [0.25, 0.3) is 11.2 Å². The zero-order chi connectivity index (χ0) is 22.7. The van der Waals surface area contributed by atoms with Crippen molar-refractivity contribution in [1.29, 1.82) is 0 Å². The lowest BCUT2D eigenvalue weighted by Crippen LogP contribution is -2.50. The van der Waals surface area contributed by atoms with E-state index in [1.165, 1.54) is 56.9 Å². The van der Waals surface area contributed by atoms with Gasteiger partial charge in [-0.3, -0.25) is 0 Å². The maximum Gasteiger partial charge on any atom is 0.165 e. The summed E-state index contributed by atoms with van der Waals surface area (Å²) in [6.07, 6.45) is 14.1. The van der Waals surface area contributed by atoms with Gasteiger partial charge < -0.3 is 10.3 Å². The van der Waals surface area contributed by atoms with Crippen molar-refractivity contribution in [3.8, 4) is 0 Å². The molecule has 2 aromatic heterocycles. The number of hydrogen-bond donors (Lipinski definition) is 1. The Morgan fingerprint density at radius 1 is 1.12 bits per heavy atom. The summed E-state index contributed by atoms with van der Waals surface area (Å²) in [5, 5.41) is 0. The van der Waals surface area contributed by atoms with Gasteiger partial charge in [-0.1, -0.05) is 52.7 Å². The summed E-state index contributed by atoms with van der Waals surface area (Å²) in [5.74, 6) is 4.22. The van der Waals surface area contributed by atoms with Gasteiger partial charge in [-0.15, -0.1) is 0 Å². The maximum absolute atomic E-state index is 6.10. The van der Waals surface area contributed by atoms with E-state index >= 15 is 0 Å². The van der Waals surface area contributed by atoms with Crippen molar-refractivity contribution in [1.82, 2.24) is 19.5 Å². The first-order chi connectivity index (χ1) is 15.3. The molecule has 0 radical (unpaired) electrons. The number of imidazole rings is 1. The standard InChI is InChI=1S/C27H41N5/c1-6-19-13-17(2)9-11-27(19,5)22-10-12-26(4)18(3)7-8-21(26)20(22)14-32-16-31-23-24(28)29-15-30-25(23)32/h15-17,19-22H,3,6-14H2,1-2,4-5H3,(H2,28,29,30)/t17-,19-,20-,21?,22?,26+,27-/m0/s1. The van der Waals surface area contributed by atoms with Gasteiger partial charge in [0.15, 0.2) is 11.5 Å². The second kappa shape index (κ2) is 7.85. The fourth-order valence-electron chi connectivity index (χ4n) is 8.28. The molecule has 2 N–H and O–H groups in total. The van der Waals surface area contributed by atoms with Crippen molar-refractivity contribution in [3.63, 3.8) is 0 Å². The van der Waals surface area contributed by atoms with Gasteiger partial charge in [-0.25, -0.2) is 15.0 Å². The zero-order valence-electron chi connectivity index (χ0n) is 20.5. The van der Waals surface area contributed by atoms with E-state index in [0.29, 0.717) is 23.1 Å². The number of hydrogen-bond acceptors (Lipinski definition) is 4. The van der Waals surface area contributed by atoms with Gasteiger partial charge in [0.1, 0.15) is 11.8 Å². The van der Waals surface area contributed by atoms with E-state index in [1.54, 1.807) is 6.33 Å². The van der Waals surface area contributed by atoms with E-state index < -0.39 is 0 Å². The van der Waals surface area contributed by atoms with Crippen molar-refractivity contribution >= 4 is 17.0 Å². The van der Waals surface area contributed by atoms with Gasteiger partial charge in [0, 0.05) is 6.54 Å². The molecule has 0 amide bonds. The first kappa shape index (κ1) is 21.9. The number of fused-ring (bicyclic) bond motifs is 2. The van der Waals surface area contributed by atoms with Crippen LogP contribution in [-0.4, -0.2) is 19.5 Å².